The number of halogens is 1. The van der Waals surface area contributed by atoms with Crippen molar-refractivity contribution in [2.75, 3.05) is 32.7 Å². The first-order valence-electron chi connectivity index (χ1n) is 6.50. The fourth-order valence-corrected chi connectivity index (χ4v) is 1.75. The molecular weight excluding hydrogens is 305 g/mol. The third kappa shape index (κ3) is 5.71. The van der Waals surface area contributed by atoms with E-state index in [1.54, 1.807) is 14.2 Å². The fourth-order valence-electron chi connectivity index (χ4n) is 1.75. The summed E-state index contributed by atoms with van der Waals surface area (Å²) in [6.45, 7) is 2.63. The standard InChI is InChI=1S/C11H10FNO2.C4H8O3.CH4/c1-6(14)11-10(13-2)8-5-7(12)3-4-9(8)15-11;1-6-2-3-7-4-5;/h3-5,13H,1-2H3;4H,2-3H2,1H3;1H4. The molecule has 0 aliphatic heterocycles. The van der Waals surface area contributed by atoms with Crippen molar-refractivity contribution in [1.29, 1.82) is 0 Å². The second-order valence-electron chi connectivity index (χ2n) is 4.21. The number of methoxy groups -OCH3 is 1. The Morgan fingerprint density at radius 2 is 2.09 bits per heavy atom. The van der Waals surface area contributed by atoms with E-state index in [0.29, 0.717) is 36.3 Å². The lowest BCUT2D eigenvalue weighted by atomic mass is 10.2. The number of hydrogen-bond donors (Lipinski definition) is 1. The van der Waals surface area contributed by atoms with Crippen LogP contribution in [0.25, 0.3) is 11.0 Å². The van der Waals surface area contributed by atoms with Crippen molar-refractivity contribution in [3.8, 4) is 0 Å². The van der Waals surface area contributed by atoms with Crippen LogP contribution in [0.4, 0.5) is 10.1 Å². The maximum atomic E-state index is 13.0. The number of fused-ring (bicyclic) bond motifs is 1. The summed E-state index contributed by atoms with van der Waals surface area (Å²) < 4.78 is 27.2. The second-order valence-corrected chi connectivity index (χ2v) is 4.21. The molecule has 0 aliphatic carbocycles. The SMILES string of the molecule is C.CNc1c(C(C)=O)oc2ccc(F)cc12.COCCOC=O. The highest BCUT2D eigenvalue weighted by molar-refractivity contribution is 6.06. The van der Waals surface area contributed by atoms with Crippen molar-refractivity contribution in [2.24, 2.45) is 0 Å². The van der Waals surface area contributed by atoms with Crippen LogP contribution < -0.4 is 5.32 Å². The number of nitrogens with one attached hydrogen (secondary N) is 1. The van der Waals surface area contributed by atoms with Crippen LogP contribution in [-0.2, 0) is 14.3 Å². The van der Waals surface area contributed by atoms with E-state index >= 15 is 0 Å². The molecule has 0 atom stereocenters. The lowest BCUT2D eigenvalue weighted by molar-refractivity contribution is -0.129. The number of furan rings is 1. The van der Waals surface area contributed by atoms with E-state index in [0.717, 1.165) is 0 Å². The zero-order valence-electron chi connectivity index (χ0n) is 12.6. The Morgan fingerprint density at radius 1 is 1.39 bits per heavy atom. The van der Waals surface area contributed by atoms with Gasteiger partial charge in [0.1, 0.15) is 18.0 Å². The Hall–Kier alpha value is -2.41. The van der Waals surface area contributed by atoms with Gasteiger partial charge in [0.05, 0.1) is 12.3 Å². The first-order chi connectivity index (χ1) is 10.5. The molecule has 1 heterocycles. The number of Topliss-reactive ketones (excluding diaryl/α,β-unsaturated/α-hetero) is 1. The molecule has 0 saturated heterocycles. The quantitative estimate of drug-likeness (QED) is 0.498. The molecule has 0 aliphatic rings. The molecule has 1 N–H and O–H groups in total. The van der Waals surface area contributed by atoms with Gasteiger partial charge < -0.3 is 19.2 Å². The van der Waals surface area contributed by atoms with E-state index in [1.807, 2.05) is 0 Å². The molecule has 7 heteroatoms. The molecule has 0 radical (unpaired) electrons. The average molecular weight is 327 g/mol. The van der Waals surface area contributed by atoms with E-state index in [9.17, 15) is 14.0 Å². The highest BCUT2D eigenvalue weighted by Crippen LogP contribution is 2.31. The zero-order valence-corrected chi connectivity index (χ0v) is 12.6. The maximum absolute atomic E-state index is 13.0. The van der Waals surface area contributed by atoms with Gasteiger partial charge >= 0.3 is 0 Å². The third-order valence-corrected chi connectivity index (χ3v) is 2.69. The zero-order chi connectivity index (χ0) is 16.5. The minimum absolute atomic E-state index is 0. The molecule has 2 aromatic rings. The summed E-state index contributed by atoms with van der Waals surface area (Å²) in [5, 5.41) is 3.43. The van der Waals surface area contributed by atoms with Gasteiger partial charge in [-0.25, -0.2) is 4.39 Å². The number of ether oxygens (including phenoxy) is 2. The van der Waals surface area contributed by atoms with Crippen molar-refractivity contribution in [3.63, 3.8) is 0 Å². The number of carbonyl (C=O) groups excluding carboxylic acids is 2. The molecule has 0 spiro atoms. The number of rotatable bonds is 6. The number of carbonyl (C=O) groups is 2. The van der Waals surface area contributed by atoms with Gasteiger partial charge in [-0.2, -0.15) is 0 Å². The van der Waals surface area contributed by atoms with Crippen LogP contribution in [0.2, 0.25) is 0 Å². The van der Waals surface area contributed by atoms with E-state index in [-0.39, 0.29) is 24.8 Å². The lowest BCUT2D eigenvalue weighted by Gasteiger charge is -1.97. The Labute approximate surface area is 134 Å². The summed E-state index contributed by atoms with van der Waals surface area (Å²) in [4.78, 5) is 20.7. The molecule has 128 valence electrons. The molecule has 23 heavy (non-hydrogen) atoms. The van der Waals surface area contributed by atoms with E-state index in [4.69, 9.17) is 4.42 Å². The largest absolute Gasteiger partial charge is 0.465 e. The van der Waals surface area contributed by atoms with Crippen molar-refractivity contribution < 1.29 is 27.9 Å². The Balaban J connectivity index is 0.000000522. The van der Waals surface area contributed by atoms with E-state index < -0.39 is 0 Å². The normalized spacial score (nSPS) is 9.39. The molecule has 1 aromatic heterocycles. The number of ketones is 1. The summed E-state index contributed by atoms with van der Waals surface area (Å²) in [5.74, 6) is -0.302. The molecule has 6 nitrogen and oxygen atoms in total. The summed E-state index contributed by atoms with van der Waals surface area (Å²) in [5.41, 5.74) is 1.04. The molecule has 0 saturated carbocycles. The molecule has 0 amide bonds. The molecule has 0 unspecified atom stereocenters. The van der Waals surface area contributed by atoms with Crippen molar-refractivity contribution in [3.05, 3.63) is 29.8 Å². The lowest BCUT2D eigenvalue weighted by Crippen LogP contribution is -1.98. The molecule has 2 rings (SSSR count). The summed E-state index contributed by atoms with van der Waals surface area (Å²) >= 11 is 0. The third-order valence-electron chi connectivity index (χ3n) is 2.69. The van der Waals surface area contributed by atoms with E-state index in [1.165, 1.54) is 25.1 Å². The van der Waals surface area contributed by atoms with Crippen LogP contribution in [0.15, 0.2) is 22.6 Å². The number of hydrogen-bond acceptors (Lipinski definition) is 6. The summed E-state index contributed by atoms with van der Waals surface area (Å²) in [6.07, 6.45) is 0. The van der Waals surface area contributed by atoms with Crippen molar-refractivity contribution in [2.45, 2.75) is 14.4 Å². The predicted molar refractivity (Wildman–Crippen MR) is 86.3 cm³/mol. The Morgan fingerprint density at radius 3 is 2.61 bits per heavy atom. The number of anilines is 1. The van der Waals surface area contributed by atoms with Gasteiger partial charge in [-0.15, -0.1) is 0 Å². The Kier molecular flexibility index (Phi) is 9.26. The monoisotopic (exact) mass is 327 g/mol. The maximum Gasteiger partial charge on any atom is 0.293 e. The minimum Gasteiger partial charge on any atom is -0.465 e. The molecule has 1 aromatic carbocycles. The topological polar surface area (TPSA) is 77.8 Å². The van der Waals surface area contributed by atoms with Gasteiger partial charge in [0.25, 0.3) is 6.47 Å². The first kappa shape index (κ1) is 20.6. The van der Waals surface area contributed by atoms with Crippen molar-refractivity contribution in [1.82, 2.24) is 0 Å². The van der Waals surface area contributed by atoms with Gasteiger partial charge in [-0.1, -0.05) is 7.43 Å². The van der Waals surface area contributed by atoms with Gasteiger partial charge in [0.2, 0.25) is 0 Å². The molecular formula is C16H22FNO5. The minimum atomic E-state index is -0.352. The predicted octanol–water partition coefficient (Wildman–Crippen LogP) is 3.26. The first-order valence-corrected chi connectivity index (χ1v) is 6.50. The Bertz CT molecular complexity index is 639. The summed E-state index contributed by atoms with van der Waals surface area (Å²) in [7, 11) is 3.22. The van der Waals surface area contributed by atoms with Gasteiger partial charge in [0.15, 0.2) is 11.5 Å². The van der Waals surface area contributed by atoms with Crippen LogP contribution >= 0.6 is 0 Å². The second kappa shape index (κ2) is 10.3. The highest BCUT2D eigenvalue weighted by Gasteiger charge is 2.16. The van der Waals surface area contributed by atoms with Crippen molar-refractivity contribution >= 4 is 28.9 Å². The highest BCUT2D eigenvalue weighted by atomic mass is 19.1. The molecule has 0 fully saturated rings. The van der Waals surface area contributed by atoms with Gasteiger partial charge in [-0.05, 0) is 18.2 Å². The van der Waals surface area contributed by atoms with E-state index in [2.05, 4.69) is 14.8 Å². The van der Waals surface area contributed by atoms with Crippen LogP contribution in [0, 0.1) is 5.82 Å². The van der Waals surface area contributed by atoms with Gasteiger partial charge in [-0.3, -0.25) is 9.59 Å². The van der Waals surface area contributed by atoms with Crippen LogP contribution in [0.3, 0.4) is 0 Å². The van der Waals surface area contributed by atoms with Crippen LogP contribution in [0.1, 0.15) is 24.9 Å². The van der Waals surface area contributed by atoms with Crippen LogP contribution in [0.5, 0.6) is 0 Å². The van der Waals surface area contributed by atoms with Crippen LogP contribution in [-0.4, -0.2) is 39.6 Å². The summed E-state index contributed by atoms with van der Waals surface area (Å²) in [6, 6.07) is 4.16. The molecule has 0 bridgehead atoms. The smallest absolute Gasteiger partial charge is 0.293 e. The average Bonchev–Trinajstić information content (AvgIpc) is 2.86. The number of benzene rings is 1. The fraction of sp³-hybridized carbons (Fsp3) is 0.375. The van der Waals surface area contributed by atoms with Gasteiger partial charge in [0, 0.05) is 26.5 Å².